The van der Waals surface area contributed by atoms with E-state index < -0.39 is 17.7 Å². The first kappa shape index (κ1) is 12.9. The molecule has 0 aliphatic carbocycles. The molecule has 0 aromatic heterocycles. The molecular formula is C10H9Cl2N3O3. The molecule has 4 N–H and O–H groups in total. The summed E-state index contributed by atoms with van der Waals surface area (Å²) in [6.07, 6.45) is 0. The minimum atomic E-state index is -1.13. The average Bonchev–Trinajstić information content (AvgIpc) is 2.71. The van der Waals surface area contributed by atoms with E-state index in [-0.39, 0.29) is 21.4 Å². The van der Waals surface area contributed by atoms with E-state index in [1.54, 1.807) is 0 Å². The molecular weight excluding hydrogens is 281 g/mol. The van der Waals surface area contributed by atoms with Crippen LogP contribution in [-0.4, -0.2) is 18.9 Å². The first-order valence-corrected chi connectivity index (χ1v) is 5.64. The molecule has 18 heavy (non-hydrogen) atoms. The van der Waals surface area contributed by atoms with Crippen LogP contribution in [0.25, 0.3) is 0 Å². The number of hydrazine groups is 1. The van der Waals surface area contributed by atoms with Gasteiger partial charge in [0.15, 0.2) is 0 Å². The third kappa shape index (κ3) is 1.78. The van der Waals surface area contributed by atoms with Gasteiger partial charge >= 0.3 is 0 Å². The number of hydrogen-bond donors (Lipinski definition) is 3. The number of carbonyl (C=O) groups excluding carboxylic acids is 2. The van der Waals surface area contributed by atoms with E-state index in [9.17, 15) is 9.59 Å². The second kappa shape index (κ2) is 4.64. The van der Waals surface area contributed by atoms with Gasteiger partial charge in [0.1, 0.15) is 11.7 Å². The molecule has 0 spiro atoms. The fourth-order valence-corrected chi connectivity index (χ4v) is 2.41. The highest BCUT2D eigenvalue weighted by molar-refractivity contribution is 6.40. The van der Waals surface area contributed by atoms with Crippen LogP contribution in [-0.2, 0) is 9.59 Å². The summed E-state index contributed by atoms with van der Waals surface area (Å²) < 4.78 is 5.03. The first-order chi connectivity index (χ1) is 8.51. The van der Waals surface area contributed by atoms with Gasteiger partial charge in [0.25, 0.3) is 5.91 Å². The molecule has 1 aromatic carbocycles. The van der Waals surface area contributed by atoms with E-state index in [0.717, 1.165) is 0 Å². The number of methoxy groups -OCH3 is 1. The van der Waals surface area contributed by atoms with Crippen molar-refractivity contribution >= 4 is 40.7 Å². The summed E-state index contributed by atoms with van der Waals surface area (Å²) in [7, 11) is 1.41. The summed E-state index contributed by atoms with van der Waals surface area (Å²) in [5.41, 5.74) is 2.50. The molecule has 0 radical (unpaired) electrons. The van der Waals surface area contributed by atoms with Crippen LogP contribution in [0, 0.1) is 0 Å². The summed E-state index contributed by atoms with van der Waals surface area (Å²) in [4.78, 5) is 23.4. The molecule has 1 aliphatic heterocycles. The van der Waals surface area contributed by atoms with Gasteiger partial charge in [-0.25, -0.2) is 5.84 Å². The Balaban J connectivity index is 2.66. The van der Waals surface area contributed by atoms with Crippen molar-refractivity contribution in [2.24, 2.45) is 5.84 Å². The zero-order valence-corrected chi connectivity index (χ0v) is 10.7. The van der Waals surface area contributed by atoms with Gasteiger partial charge in [-0.05, 0) is 0 Å². The summed E-state index contributed by atoms with van der Waals surface area (Å²) in [5.74, 6) is 2.99. The largest absolute Gasteiger partial charge is 0.495 e. The summed E-state index contributed by atoms with van der Waals surface area (Å²) in [5, 5.41) is 2.89. The zero-order chi connectivity index (χ0) is 13.4. The zero-order valence-electron chi connectivity index (χ0n) is 9.21. The van der Waals surface area contributed by atoms with Crippen molar-refractivity contribution in [1.82, 2.24) is 5.43 Å². The maximum atomic E-state index is 11.8. The van der Waals surface area contributed by atoms with E-state index in [1.807, 2.05) is 5.43 Å². The molecule has 2 amide bonds. The van der Waals surface area contributed by atoms with Crippen molar-refractivity contribution in [2.45, 2.75) is 5.92 Å². The smallest absolute Gasteiger partial charge is 0.251 e. The fraction of sp³-hybridized carbons (Fsp3) is 0.200. The molecule has 0 saturated carbocycles. The third-order valence-corrected chi connectivity index (χ3v) is 3.33. The molecule has 0 saturated heterocycles. The second-order valence-electron chi connectivity index (χ2n) is 3.59. The van der Waals surface area contributed by atoms with Crippen LogP contribution in [0.1, 0.15) is 11.5 Å². The lowest BCUT2D eigenvalue weighted by atomic mass is 9.99. The number of benzene rings is 1. The molecule has 1 atom stereocenters. The molecule has 8 heteroatoms. The van der Waals surface area contributed by atoms with Crippen LogP contribution in [0.4, 0.5) is 5.69 Å². The number of fused-ring (bicyclic) bond motifs is 1. The van der Waals surface area contributed by atoms with Crippen molar-refractivity contribution in [3.05, 3.63) is 21.7 Å². The number of rotatable bonds is 2. The lowest BCUT2D eigenvalue weighted by Crippen LogP contribution is -2.37. The highest BCUT2D eigenvalue weighted by Crippen LogP contribution is 2.46. The van der Waals surface area contributed by atoms with E-state index in [1.165, 1.54) is 13.2 Å². The van der Waals surface area contributed by atoms with E-state index in [4.69, 9.17) is 33.8 Å². The standard InChI is InChI=1S/C10H9Cl2N3O3/c1-18-4-2-3(11)8-5(7(4)12)6(9(16)14-8)10(17)15-13/h2,6H,13H2,1H3,(H,14,16)(H,15,17). The minimum Gasteiger partial charge on any atom is -0.495 e. The Labute approximate surface area is 112 Å². The van der Waals surface area contributed by atoms with Gasteiger partial charge in [0.2, 0.25) is 5.91 Å². The summed E-state index contributed by atoms with van der Waals surface area (Å²) in [6.45, 7) is 0. The number of amides is 2. The molecule has 0 bridgehead atoms. The Morgan fingerprint density at radius 3 is 2.78 bits per heavy atom. The number of nitrogens with two attached hydrogens (primary N) is 1. The first-order valence-electron chi connectivity index (χ1n) is 4.88. The number of hydrogen-bond acceptors (Lipinski definition) is 4. The van der Waals surface area contributed by atoms with Crippen LogP contribution < -0.4 is 21.3 Å². The third-order valence-electron chi connectivity index (χ3n) is 2.64. The van der Waals surface area contributed by atoms with Crippen LogP contribution in [0.5, 0.6) is 5.75 Å². The molecule has 0 fully saturated rings. The number of carbonyl (C=O) groups is 2. The Morgan fingerprint density at radius 1 is 1.56 bits per heavy atom. The number of nitrogens with one attached hydrogen (secondary N) is 2. The Bertz CT molecular complexity index is 548. The van der Waals surface area contributed by atoms with Crippen LogP contribution in [0.3, 0.4) is 0 Å². The lowest BCUT2D eigenvalue weighted by Gasteiger charge is -2.12. The van der Waals surface area contributed by atoms with Crippen molar-refractivity contribution in [2.75, 3.05) is 12.4 Å². The Hall–Kier alpha value is -1.50. The SMILES string of the molecule is COc1cc(Cl)c2c(c1Cl)C(C(=O)NN)C(=O)N2. The van der Waals surface area contributed by atoms with E-state index >= 15 is 0 Å². The van der Waals surface area contributed by atoms with Gasteiger partial charge < -0.3 is 10.1 Å². The molecule has 1 aliphatic rings. The van der Waals surface area contributed by atoms with Gasteiger partial charge in [-0.1, -0.05) is 23.2 Å². The maximum Gasteiger partial charge on any atom is 0.251 e. The normalized spacial score (nSPS) is 17.1. The Morgan fingerprint density at radius 2 is 2.22 bits per heavy atom. The maximum absolute atomic E-state index is 11.8. The fourth-order valence-electron chi connectivity index (χ4n) is 1.83. The lowest BCUT2D eigenvalue weighted by molar-refractivity contribution is -0.128. The highest BCUT2D eigenvalue weighted by atomic mass is 35.5. The number of anilines is 1. The molecule has 96 valence electrons. The average molecular weight is 290 g/mol. The van der Waals surface area contributed by atoms with Crippen molar-refractivity contribution < 1.29 is 14.3 Å². The van der Waals surface area contributed by atoms with Gasteiger partial charge in [-0.15, -0.1) is 0 Å². The predicted molar refractivity (Wildman–Crippen MR) is 66.7 cm³/mol. The molecule has 6 nitrogen and oxygen atoms in total. The van der Waals surface area contributed by atoms with E-state index in [2.05, 4.69) is 5.32 Å². The molecule has 1 unspecified atom stereocenters. The van der Waals surface area contributed by atoms with Crippen LogP contribution in [0.15, 0.2) is 6.07 Å². The summed E-state index contributed by atoms with van der Waals surface area (Å²) >= 11 is 12.1. The number of ether oxygens (including phenoxy) is 1. The molecule has 2 rings (SSSR count). The van der Waals surface area contributed by atoms with Gasteiger partial charge in [0, 0.05) is 11.6 Å². The van der Waals surface area contributed by atoms with Crippen molar-refractivity contribution in [3.63, 3.8) is 0 Å². The quantitative estimate of drug-likeness (QED) is 0.328. The monoisotopic (exact) mass is 289 g/mol. The van der Waals surface area contributed by atoms with Crippen LogP contribution in [0.2, 0.25) is 10.0 Å². The topological polar surface area (TPSA) is 93.4 Å². The van der Waals surface area contributed by atoms with Crippen molar-refractivity contribution in [1.29, 1.82) is 0 Å². The number of halogens is 2. The summed E-state index contributed by atoms with van der Waals surface area (Å²) in [6, 6.07) is 1.46. The van der Waals surface area contributed by atoms with Gasteiger partial charge in [0.05, 0.1) is 22.8 Å². The predicted octanol–water partition coefficient (Wildman–Crippen LogP) is 1.03. The molecule has 1 aromatic rings. The van der Waals surface area contributed by atoms with Crippen molar-refractivity contribution in [3.8, 4) is 5.75 Å². The van der Waals surface area contributed by atoms with Gasteiger partial charge in [-0.2, -0.15) is 0 Å². The second-order valence-corrected chi connectivity index (χ2v) is 4.38. The molecule has 1 heterocycles. The highest BCUT2D eigenvalue weighted by Gasteiger charge is 2.40. The van der Waals surface area contributed by atoms with Gasteiger partial charge in [-0.3, -0.25) is 15.0 Å². The van der Waals surface area contributed by atoms with E-state index in [0.29, 0.717) is 5.69 Å². The Kier molecular flexibility index (Phi) is 3.34. The minimum absolute atomic E-state index is 0.156. The van der Waals surface area contributed by atoms with Crippen LogP contribution >= 0.6 is 23.2 Å².